The van der Waals surface area contributed by atoms with Crippen LogP contribution in [0, 0.1) is 18.6 Å². The second kappa shape index (κ2) is 5.79. The van der Waals surface area contributed by atoms with Crippen LogP contribution >= 0.6 is 0 Å². The zero-order valence-electron chi connectivity index (χ0n) is 10.9. The number of halogens is 2. The number of nitrogens with one attached hydrogen (secondary N) is 1. The molecule has 2 rings (SSSR count). The Kier molecular flexibility index (Phi) is 4.10. The second-order valence-electron chi connectivity index (χ2n) is 4.48. The van der Waals surface area contributed by atoms with Crippen molar-refractivity contribution in [2.24, 2.45) is 5.73 Å². The number of nitrogens with two attached hydrogens (primary N) is 1. The van der Waals surface area contributed by atoms with Gasteiger partial charge < -0.3 is 11.1 Å². The number of hydrogen-bond acceptors (Lipinski definition) is 2. The third-order valence-electron chi connectivity index (χ3n) is 2.83. The van der Waals surface area contributed by atoms with Gasteiger partial charge in [0.1, 0.15) is 11.6 Å². The predicted molar refractivity (Wildman–Crippen MR) is 73.4 cm³/mol. The molecule has 0 bridgehead atoms. The van der Waals surface area contributed by atoms with Gasteiger partial charge in [0.05, 0.1) is 0 Å². The van der Waals surface area contributed by atoms with Gasteiger partial charge in [-0.25, -0.2) is 8.78 Å². The standard InChI is InChI=1S/C15H14F2N2O/c1-9-4-10(6-12(16)5-9)15(20)19-13-2-3-14(17)11(7-13)8-18/h2-7H,8,18H2,1H3,(H,19,20). The molecule has 5 heteroatoms. The summed E-state index contributed by atoms with van der Waals surface area (Å²) in [7, 11) is 0. The van der Waals surface area contributed by atoms with Crippen molar-refractivity contribution in [3.8, 4) is 0 Å². The van der Waals surface area contributed by atoms with E-state index in [0.717, 1.165) is 6.07 Å². The number of benzene rings is 2. The summed E-state index contributed by atoms with van der Waals surface area (Å²) in [6.45, 7) is 1.74. The van der Waals surface area contributed by atoms with Gasteiger partial charge in [0.15, 0.2) is 0 Å². The van der Waals surface area contributed by atoms with Crippen molar-refractivity contribution in [1.82, 2.24) is 0 Å². The van der Waals surface area contributed by atoms with Gasteiger partial charge in [0.25, 0.3) is 5.91 Å². The topological polar surface area (TPSA) is 55.1 Å². The normalized spacial score (nSPS) is 10.4. The molecule has 2 aromatic carbocycles. The van der Waals surface area contributed by atoms with Crippen molar-refractivity contribution in [3.63, 3.8) is 0 Å². The first-order valence-corrected chi connectivity index (χ1v) is 6.06. The van der Waals surface area contributed by atoms with Crippen LogP contribution < -0.4 is 11.1 Å². The maximum absolute atomic E-state index is 13.3. The second-order valence-corrected chi connectivity index (χ2v) is 4.48. The summed E-state index contributed by atoms with van der Waals surface area (Å²) in [4.78, 5) is 12.0. The Morgan fingerprint density at radius 1 is 1.20 bits per heavy atom. The van der Waals surface area contributed by atoms with Gasteiger partial charge in [0, 0.05) is 23.4 Å². The number of anilines is 1. The Labute approximate surface area is 115 Å². The Morgan fingerprint density at radius 3 is 2.60 bits per heavy atom. The number of hydrogen-bond donors (Lipinski definition) is 2. The van der Waals surface area contributed by atoms with E-state index in [2.05, 4.69) is 5.32 Å². The summed E-state index contributed by atoms with van der Waals surface area (Å²) >= 11 is 0. The summed E-state index contributed by atoms with van der Waals surface area (Å²) in [6, 6.07) is 8.18. The average Bonchev–Trinajstić information content (AvgIpc) is 2.39. The lowest BCUT2D eigenvalue weighted by atomic mass is 10.1. The van der Waals surface area contributed by atoms with Gasteiger partial charge in [-0.05, 0) is 48.9 Å². The highest BCUT2D eigenvalue weighted by atomic mass is 19.1. The number of carbonyl (C=O) groups is 1. The maximum atomic E-state index is 13.3. The Morgan fingerprint density at radius 2 is 1.95 bits per heavy atom. The molecule has 0 unspecified atom stereocenters. The molecule has 0 saturated carbocycles. The number of rotatable bonds is 3. The van der Waals surface area contributed by atoms with E-state index >= 15 is 0 Å². The van der Waals surface area contributed by atoms with Gasteiger partial charge in [-0.1, -0.05) is 0 Å². The summed E-state index contributed by atoms with van der Waals surface area (Å²) in [6.07, 6.45) is 0. The minimum atomic E-state index is -0.475. The van der Waals surface area contributed by atoms with Crippen LogP contribution in [0.3, 0.4) is 0 Å². The number of carbonyl (C=O) groups excluding carboxylic acids is 1. The van der Waals surface area contributed by atoms with Crippen LogP contribution in [0.5, 0.6) is 0 Å². The van der Waals surface area contributed by atoms with Gasteiger partial charge in [0.2, 0.25) is 0 Å². The molecule has 0 aromatic heterocycles. The molecule has 0 aliphatic rings. The van der Waals surface area contributed by atoms with Crippen LogP contribution in [0.2, 0.25) is 0 Å². The molecule has 0 radical (unpaired) electrons. The van der Waals surface area contributed by atoms with Gasteiger partial charge in [-0.3, -0.25) is 4.79 Å². The molecule has 0 fully saturated rings. The Hall–Kier alpha value is -2.27. The molecule has 2 aromatic rings. The summed E-state index contributed by atoms with van der Waals surface area (Å²) in [5.41, 5.74) is 6.98. The molecular formula is C15H14F2N2O. The van der Waals surface area contributed by atoms with Crippen LogP contribution in [0.4, 0.5) is 14.5 Å². The molecule has 0 atom stereocenters. The molecule has 104 valence electrons. The Balaban J connectivity index is 2.23. The molecule has 0 aliphatic carbocycles. The van der Waals surface area contributed by atoms with Crippen molar-refractivity contribution >= 4 is 11.6 Å². The average molecular weight is 276 g/mol. The summed E-state index contributed by atoms with van der Waals surface area (Å²) < 4.78 is 26.5. The fourth-order valence-corrected chi connectivity index (χ4v) is 1.88. The lowest BCUT2D eigenvalue weighted by Crippen LogP contribution is -2.13. The molecule has 0 saturated heterocycles. The van der Waals surface area contributed by atoms with Crippen LogP contribution in [0.15, 0.2) is 36.4 Å². The first kappa shape index (κ1) is 14.1. The van der Waals surface area contributed by atoms with Crippen LogP contribution in [0.25, 0.3) is 0 Å². The first-order chi connectivity index (χ1) is 9.49. The molecule has 3 N–H and O–H groups in total. The van der Waals surface area contributed by atoms with E-state index in [1.165, 1.54) is 24.3 Å². The van der Waals surface area contributed by atoms with Gasteiger partial charge in [-0.2, -0.15) is 0 Å². The monoisotopic (exact) mass is 276 g/mol. The highest BCUT2D eigenvalue weighted by Crippen LogP contribution is 2.16. The van der Waals surface area contributed by atoms with Gasteiger partial charge in [-0.15, -0.1) is 0 Å². The van der Waals surface area contributed by atoms with Crippen molar-refractivity contribution in [1.29, 1.82) is 0 Å². The fourth-order valence-electron chi connectivity index (χ4n) is 1.88. The van der Waals surface area contributed by atoms with Crippen molar-refractivity contribution in [2.45, 2.75) is 13.5 Å². The van der Waals surface area contributed by atoms with E-state index in [-0.39, 0.29) is 12.1 Å². The lowest BCUT2D eigenvalue weighted by molar-refractivity contribution is 0.102. The first-order valence-electron chi connectivity index (χ1n) is 6.06. The molecule has 20 heavy (non-hydrogen) atoms. The van der Waals surface area contributed by atoms with Crippen molar-refractivity contribution in [2.75, 3.05) is 5.32 Å². The highest BCUT2D eigenvalue weighted by Gasteiger charge is 2.09. The zero-order valence-corrected chi connectivity index (χ0v) is 10.9. The van der Waals surface area contributed by atoms with E-state index < -0.39 is 17.5 Å². The quantitative estimate of drug-likeness (QED) is 0.905. The number of aryl methyl sites for hydroxylation is 1. The fraction of sp³-hybridized carbons (Fsp3) is 0.133. The summed E-state index contributed by atoms with van der Waals surface area (Å²) in [5, 5.41) is 2.59. The zero-order chi connectivity index (χ0) is 14.7. The van der Waals surface area contributed by atoms with Crippen molar-refractivity contribution < 1.29 is 13.6 Å². The largest absolute Gasteiger partial charge is 0.326 e. The molecule has 1 amide bonds. The summed E-state index contributed by atoms with van der Waals surface area (Å²) in [5.74, 6) is -1.36. The van der Waals surface area contributed by atoms with Crippen molar-refractivity contribution in [3.05, 3.63) is 64.7 Å². The molecule has 0 heterocycles. The SMILES string of the molecule is Cc1cc(F)cc(C(=O)Nc2ccc(F)c(CN)c2)c1. The van der Waals surface area contributed by atoms with E-state index in [0.29, 0.717) is 16.8 Å². The molecule has 3 nitrogen and oxygen atoms in total. The van der Waals surface area contributed by atoms with Crippen LogP contribution in [0.1, 0.15) is 21.5 Å². The third-order valence-corrected chi connectivity index (χ3v) is 2.83. The minimum Gasteiger partial charge on any atom is -0.326 e. The van der Waals surface area contributed by atoms with E-state index in [1.807, 2.05) is 0 Å². The predicted octanol–water partition coefficient (Wildman–Crippen LogP) is 2.98. The Bertz CT molecular complexity index is 636. The van der Waals surface area contributed by atoms with Gasteiger partial charge >= 0.3 is 0 Å². The highest BCUT2D eigenvalue weighted by molar-refractivity contribution is 6.04. The van der Waals surface area contributed by atoms with E-state index in [1.54, 1.807) is 13.0 Å². The number of amides is 1. The minimum absolute atomic E-state index is 0.0363. The third kappa shape index (κ3) is 3.19. The van der Waals surface area contributed by atoms with Crippen LogP contribution in [-0.2, 0) is 6.54 Å². The lowest BCUT2D eigenvalue weighted by Gasteiger charge is -2.08. The smallest absolute Gasteiger partial charge is 0.255 e. The van der Waals surface area contributed by atoms with Crippen LogP contribution in [-0.4, -0.2) is 5.91 Å². The molecule has 0 spiro atoms. The van der Waals surface area contributed by atoms with E-state index in [4.69, 9.17) is 5.73 Å². The van der Waals surface area contributed by atoms with E-state index in [9.17, 15) is 13.6 Å². The molecular weight excluding hydrogens is 262 g/mol. The molecule has 0 aliphatic heterocycles. The maximum Gasteiger partial charge on any atom is 0.255 e.